The Hall–Kier alpha value is -0.930. The van der Waals surface area contributed by atoms with E-state index in [1.807, 2.05) is 13.8 Å². The largest absolute Gasteiger partial charge is 0.481 e. The molecule has 0 aliphatic carbocycles. The molecular weight excluding hydrogens is 297 g/mol. The van der Waals surface area contributed by atoms with Crippen molar-refractivity contribution in [3.05, 3.63) is 29.3 Å². The first-order valence-electron chi connectivity index (χ1n) is 6.74. The van der Waals surface area contributed by atoms with Crippen molar-refractivity contribution in [1.82, 2.24) is 4.90 Å². The number of hydrogen-bond donors (Lipinski definition) is 0. The highest BCUT2D eigenvalue weighted by Gasteiger charge is 2.23. The summed E-state index contributed by atoms with van der Waals surface area (Å²) in [4.78, 5) is 14.2. The molecule has 1 unspecified atom stereocenters. The summed E-state index contributed by atoms with van der Waals surface area (Å²) < 4.78 is 5.66. The molecule has 0 N–H and O–H groups in total. The molecule has 0 fully saturated rings. The smallest absolute Gasteiger partial charge is 0.263 e. The summed E-state index contributed by atoms with van der Waals surface area (Å²) in [7, 11) is 0. The first kappa shape index (κ1) is 17.1. The molecule has 1 aromatic rings. The van der Waals surface area contributed by atoms with Gasteiger partial charge in [-0.1, -0.05) is 17.7 Å². The van der Waals surface area contributed by atoms with Crippen LogP contribution in [0.15, 0.2) is 24.3 Å². The van der Waals surface area contributed by atoms with Crippen molar-refractivity contribution in [1.29, 1.82) is 0 Å². The van der Waals surface area contributed by atoms with Crippen LogP contribution in [0.4, 0.5) is 0 Å². The quantitative estimate of drug-likeness (QED) is 0.712. The van der Waals surface area contributed by atoms with E-state index in [2.05, 4.69) is 0 Å². The number of rotatable bonds is 7. The number of alkyl halides is 1. The van der Waals surface area contributed by atoms with Crippen molar-refractivity contribution in [2.24, 2.45) is 0 Å². The Morgan fingerprint density at radius 3 is 2.60 bits per heavy atom. The molecule has 0 radical (unpaired) electrons. The molecule has 0 heterocycles. The summed E-state index contributed by atoms with van der Waals surface area (Å²) in [5.74, 6) is 1.10. The van der Waals surface area contributed by atoms with Crippen molar-refractivity contribution in [2.75, 3.05) is 12.4 Å². The average molecular weight is 318 g/mol. The molecule has 1 atom stereocenters. The molecule has 1 amide bonds. The minimum Gasteiger partial charge on any atom is -0.481 e. The first-order valence-corrected chi connectivity index (χ1v) is 7.65. The van der Waals surface area contributed by atoms with Gasteiger partial charge in [-0.2, -0.15) is 0 Å². The third-order valence-corrected chi connectivity index (χ3v) is 3.40. The van der Waals surface area contributed by atoms with E-state index in [0.717, 1.165) is 6.42 Å². The molecule has 0 bridgehead atoms. The fraction of sp³-hybridized carbons (Fsp3) is 0.533. The van der Waals surface area contributed by atoms with Crippen molar-refractivity contribution < 1.29 is 9.53 Å². The van der Waals surface area contributed by atoms with Crippen LogP contribution in [-0.2, 0) is 4.79 Å². The van der Waals surface area contributed by atoms with Gasteiger partial charge < -0.3 is 9.64 Å². The SMILES string of the molecule is CC(Oc1cccc(Cl)c1)C(=O)N(CCCCl)C(C)C. The van der Waals surface area contributed by atoms with Gasteiger partial charge in [0.05, 0.1) is 0 Å². The zero-order valence-electron chi connectivity index (χ0n) is 12.1. The molecule has 0 saturated carbocycles. The van der Waals surface area contributed by atoms with E-state index >= 15 is 0 Å². The van der Waals surface area contributed by atoms with Crippen molar-refractivity contribution in [3.63, 3.8) is 0 Å². The standard InChI is InChI=1S/C15H21Cl2NO2/c1-11(2)18(9-5-8-16)15(19)12(3)20-14-7-4-6-13(17)10-14/h4,6-7,10-12H,5,8-9H2,1-3H3. The molecule has 0 spiro atoms. The normalized spacial score (nSPS) is 12.3. The van der Waals surface area contributed by atoms with Gasteiger partial charge in [-0.25, -0.2) is 0 Å². The summed E-state index contributed by atoms with van der Waals surface area (Å²) in [6.07, 6.45) is 0.223. The minimum atomic E-state index is -0.550. The van der Waals surface area contributed by atoms with Crippen molar-refractivity contribution in [3.8, 4) is 5.75 Å². The van der Waals surface area contributed by atoms with Gasteiger partial charge in [0.2, 0.25) is 0 Å². The highest BCUT2D eigenvalue weighted by atomic mass is 35.5. The van der Waals surface area contributed by atoms with Gasteiger partial charge >= 0.3 is 0 Å². The monoisotopic (exact) mass is 317 g/mol. The van der Waals surface area contributed by atoms with E-state index in [1.54, 1.807) is 36.1 Å². The predicted molar refractivity (Wildman–Crippen MR) is 83.7 cm³/mol. The molecule has 3 nitrogen and oxygen atoms in total. The third-order valence-electron chi connectivity index (χ3n) is 2.90. The maximum absolute atomic E-state index is 12.4. The zero-order valence-corrected chi connectivity index (χ0v) is 13.6. The Balaban J connectivity index is 2.68. The molecule has 1 rings (SSSR count). The molecule has 0 aliphatic heterocycles. The number of halogens is 2. The Morgan fingerprint density at radius 2 is 2.05 bits per heavy atom. The number of carbonyl (C=O) groups excluding carboxylic acids is 1. The van der Waals surface area contributed by atoms with Crippen LogP contribution in [0.2, 0.25) is 5.02 Å². The Kier molecular flexibility index (Phi) is 7.17. The van der Waals surface area contributed by atoms with Crippen LogP contribution in [0.3, 0.4) is 0 Å². The maximum atomic E-state index is 12.4. The average Bonchev–Trinajstić information content (AvgIpc) is 2.38. The number of hydrogen-bond acceptors (Lipinski definition) is 2. The lowest BCUT2D eigenvalue weighted by atomic mass is 10.2. The van der Waals surface area contributed by atoms with E-state index in [0.29, 0.717) is 23.2 Å². The second-order valence-corrected chi connectivity index (χ2v) is 5.70. The first-order chi connectivity index (χ1) is 9.45. The van der Waals surface area contributed by atoms with Crippen LogP contribution in [0.1, 0.15) is 27.2 Å². The lowest BCUT2D eigenvalue weighted by molar-refractivity contribution is -0.139. The van der Waals surface area contributed by atoms with Crippen LogP contribution in [0.5, 0.6) is 5.75 Å². The zero-order chi connectivity index (χ0) is 15.1. The van der Waals surface area contributed by atoms with E-state index in [-0.39, 0.29) is 11.9 Å². The van der Waals surface area contributed by atoms with Gasteiger partial charge in [-0.3, -0.25) is 4.79 Å². The van der Waals surface area contributed by atoms with E-state index < -0.39 is 6.10 Å². The van der Waals surface area contributed by atoms with Gasteiger partial charge in [0.1, 0.15) is 5.75 Å². The number of ether oxygens (including phenoxy) is 1. The molecule has 5 heteroatoms. The van der Waals surface area contributed by atoms with E-state index in [9.17, 15) is 4.79 Å². The van der Waals surface area contributed by atoms with Gasteiger partial charge in [-0.05, 0) is 45.4 Å². The molecular formula is C15H21Cl2NO2. The lowest BCUT2D eigenvalue weighted by Gasteiger charge is -2.29. The topological polar surface area (TPSA) is 29.5 Å². The van der Waals surface area contributed by atoms with Crippen LogP contribution in [-0.4, -0.2) is 35.4 Å². The lowest BCUT2D eigenvalue weighted by Crippen LogP contribution is -2.44. The second-order valence-electron chi connectivity index (χ2n) is 4.89. The molecule has 112 valence electrons. The van der Waals surface area contributed by atoms with Crippen LogP contribution in [0.25, 0.3) is 0 Å². The fourth-order valence-corrected chi connectivity index (χ4v) is 2.18. The Bertz CT molecular complexity index is 438. The number of nitrogens with zero attached hydrogens (tertiary/aromatic N) is 1. The van der Waals surface area contributed by atoms with Gasteiger partial charge in [-0.15, -0.1) is 11.6 Å². The Morgan fingerprint density at radius 1 is 1.35 bits per heavy atom. The highest BCUT2D eigenvalue weighted by molar-refractivity contribution is 6.30. The van der Waals surface area contributed by atoms with Crippen LogP contribution < -0.4 is 4.74 Å². The molecule has 1 aromatic carbocycles. The fourth-order valence-electron chi connectivity index (χ4n) is 1.88. The molecule has 0 aromatic heterocycles. The second kappa shape index (κ2) is 8.38. The number of carbonyl (C=O) groups is 1. The summed E-state index contributed by atoms with van der Waals surface area (Å²) in [6, 6.07) is 7.17. The highest BCUT2D eigenvalue weighted by Crippen LogP contribution is 2.19. The summed E-state index contributed by atoms with van der Waals surface area (Å²) in [5, 5.41) is 0.588. The van der Waals surface area contributed by atoms with Gasteiger partial charge in [0.15, 0.2) is 6.10 Å². The molecule has 20 heavy (non-hydrogen) atoms. The predicted octanol–water partition coefficient (Wildman–Crippen LogP) is 3.97. The van der Waals surface area contributed by atoms with Crippen molar-refractivity contribution >= 4 is 29.1 Å². The summed E-state index contributed by atoms with van der Waals surface area (Å²) in [5.41, 5.74) is 0. The minimum absolute atomic E-state index is 0.0370. The van der Waals surface area contributed by atoms with Crippen molar-refractivity contribution in [2.45, 2.75) is 39.3 Å². The van der Waals surface area contributed by atoms with Gasteiger partial charge in [0.25, 0.3) is 5.91 Å². The number of amides is 1. The summed E-state index contributed by atoms with van der Waals surface area (Å²) in [6.45, 7) is 6.36. The van der Waals surface area contributed by atoms with E-state index in [1.165, 1.54) is 0 Å². The number of benzene rings is 1. The van der Waals surface area contributed by atoms with Crippen LogP contribution in [0, 0.1) is 0 Å². The Labute approximate surface area is 130 Å². The molecule has 0 saturated heterocycles. The van der Waals surface area contributed by atoms with E-state index in [4.69, 9.17) is 27.9 Å². The third kappa shape index (κ3) is 5.22. The van der Waals surface area contributed by atoms with Crippen LogP contribution >= 0.6 is 23.2 Å². The molecule has 0 aliphatic rings. The van der Waals surface area contributed by atoms with Gasteiger partial charge in [0, 0.05) is 23.5 Å². The maximum Gasteiger partial charge on any atom is 0.263 e. The summed E-state index contributed by atoms with van der Waals surface area (Å²) >= 11 is 11.6.